The number of nitrogens with zero attached hydrogens (tertiary/aromatic N) is 2. The second kappa shape index (κ2) is 5.91. The number of benzene rings is 1. The molecule has 0 bridgehead atoms. The van der Waals surface area contributed by atoms with Gasteiger partial charge in [0.15, 0.2) is 5.82 Å². The number of fused-ring (bicyclic) bond motifs is 1. The van der Waals surface area contributed by atoms with Crippen molar-refractivity contribution in [3.63, 3.8) is 0 Å². The van der Waals surface area contributed by atoms with Crippen molar-refractivity contribution in [1.29, 1.82) is 0 Å². The van der Waals surface area contributed by atoms with Crippen molar-refractivity contribution >= 4 is 33.3 Å². The van der Waals surface area contributed by atoms with Crippen LogP contribution in [0.1, 0.15) is 12.0 Å². The Morgan fingerprint density at radius 1 is 1.36 bits per heavy atom. The quantitative estimate of drug-likeness (QED) is 0.696. The lowest BCUT2D eigenvalue weighted by atomic mass is 10.0. The van der Waals surface area contributed by atoms with Crippen LogP contribution in [0.25, 0.3) is 16.8 Å². The molecule has 0 spiro atoms. The summed E-state index contributed by atoms with van der Waals surface area (Å²) in [4.78, 5) is 16.3. The summed E-state index contributed by atoms with van der Waals surface area (Å²) in [7, 11) is 0. The van der Waals surface area contributed by atoms with Gasteiger partial charge in [0.2, 0.25) is 5.91 Å². The van der Waals surface area contributed by atoms with Crippen molar-refractivity contribution < 1.29 is 13.6 Å². The predicted octanol–water partition coefficient (Wildman–Crippen LogP) is 4.51. The lowest BCUT2D eigenvalue weighted by Gasteiger charge is -2.07. The molecule has 1 N–H and O–H groups in total. The molecule has 1 saturated carbocycles. The lowest BCUT2D eigenvalue weighted by Crippen LogP contribution is -2.15. The Labute approximate surface area is 151 Å². The number of nitrogens with one attached hydrogen (secondary N) is 1. The Kier molecular flexibility index (Phi) is 3.83. The maximum Gasteiger partial charge on any atom is 0.231 e. The molecule has 4 nitrogen and oxygen atoms in total. The van der Waals surface area contributed by atoms with Crippen molar-refractivity contribution in [2.45, 2.75) is 19.5 Å². The normalized spacial score (nSPS) is 19.2. The molecule has 3 aromatic rings. The van der Waals surface area contributed by atoms with E-state index in [4.69, 9.17) is 0 Å². The van der Waals surface area contributed by atoms with Crippen molar-refractivity contribution in [3.05, 3.63) is 52.5 Å². The van der Waals surface area contributed by atoms with Gasteiger partial charge in [-0.3, -0.25) is 9.20 Å². The average Bonchev–Trinajstić information content (AvgIpc) is 3.25. The van der Waals surface area contributed by atoms with Crippen molar-refractivity contribution in [2.75, 3.05) is 5.32 Å². The molecule has 0 aliphatic heterocycles. The number of anilines is 1. The van der Waals surface area contributed by atoms with Crippen LogP contribution in [0.3, 0.4) is 0 Å². The van der Waals surface area contributed by atoms with E-state index in [1.165, 1.54) is 6.07 Å². The molecule has 1 aromatic carbocycles. The summed E-state index contributed by atoms with van der Waals surface area (Å²) in [6, 6.07) is 8.57. The third kappa shape index (κ3) is 2.82. The molecule has 1 fully saturated rings. The Morgan fingerprint density at radius 3 is 2.84 bits per heavy atom. The molecular weight excluding hydrogens is 392 g/mol. The number of aromatic nitrogens is 2. The Bertz CT molecular complexity index is 1000. The van der Waals surface area contributed by atoms with Gasteiger partial charge in [-0.05, 0) is 64.2 Å². The summed E-state index contributed by atoms with van der Waals surface area (Å²) >= 11 is 3.42. The summed E-state index contributed by atoms with van der Waals surface area (Å²) < 4.78 is 29.1. The molecule has 128 valence electrons. The highest BCUT2D eigenvalue weighted by atomic mass is 79.9. The molecule has 2 aromatic heterocycles. The van der Waals surface area contributed by atoms with Crippen LogP contribution >= 0.6 is 15.9 Å². The second-order valence-corrected chi connectivity index (χ2v) is 6.91. The van der Waals surface area contributed by atoms with Gasteiger partial charge in [-0.2, -0.15) is 0 Å². The molecule has 25 heavy (non-hydrogen) atoms. The minimum atomic E-state index is -1.06. The summed E-state index contributed by atoms with van der Waals surface area (Å²) in [5, 5.41) is 2.65. The first kappa shape index (κ1) is 16.2. The van der Waals surface area contributed by atoms with E-state index in [2.05, 4.69) is 26.2 Å². The Balaban J connectivity index is 1.72. The lowest BCUT2D eigenvalue weighted by molar-refractivity contribution is -0.117. The van der Waals surface area contributed by atoms with E-state index >= 15 is 0 Å². The standard InChI is InChI=1S/C18H14BrF2N3O/c1-9-11(3-2-4-13(9)20)10-5-6-15-22-17(16(19)24(15)8-10)23-18(25)12-7-14(12)21/h2-6,8,12,14H,7H2,1H3,(H,23,25). The zero-order chi connectivity index (χ0) is 17.7. The van der Waals surface area contributed by atoms with Gasteiger partial charge >= 0.3 is 0 Å². The first-order valence-electron chi connectivity index (χ1n) is 7.83. The van der Waals surface area contributed by atoms with E-state index in [-0.39, 0.29) is 18.1 Å². The molecule has 2 unspecified atom stereocenters. The molecule has 0 radical (unpaired) electrons. The first-order valence-corrected chi connectivity index (χ1v) is 8.63. The molecule has 1 aliphatic carbocycles. The number of pyridine rings is 1. The number of imidazole rings is 1. The molecule has 4 rings (SSSR count). The molecule has 0 saturated heterocycles. The van der Waals surface area contributed by atoms with Crippen LogP contribution in [-0.2, 0) is 4.79 Å². The Hall–Kier alpha value is -2.28. The van der Waals surface area contributed by atoms with Crippen LogP contribution in [0, 0.1) is 18.7 Å². The van der Waals surface area contributed by atoms with E-state index in [0.717, 1.165) is 11.1 Å². The summed E-state index contributed by atoms with van der Waals surface area (Å²) in [5.74, 6) is -0.863. The van der Waals surface area contributed by atoms with Crippen LogP contribution in [0.5, 0.6) is 0 Å². The van der Waals surface area contributed by atoms with E-state index < -0.39 is 12.1 Å². The van der Waals surface area contributed by atoms with Gasteiger partial charge in [0.05, 0.1) is 5.92 Å². The van der Waals surface area contributed by atoms with Gasteiger partial charge in [-0.15, -0.1) is 0 Å². The highest BCUT2D eigenvalue weighted by molar-refractivity contribution is 9.10. The molecule has 2 atom stereocenters. The minimum absolute atomic E-state index is 0.263. The SMILES string of the molecule is Cc1c(F)cccc1-c1ccc2nc(NC(=O)C3CC3F)c(Br)n2c1. The van der Waals surface area contributed by atoms with Crippen molar-refractivity contribution in [1.82, 2.24) is 9.38 Å². The number of hydrogen-bond acceptors (Lipinski definition) is 2. The first-order chi connectivity index (χ1) is 12.0. The van der Waals surface area contributed by atoms with E-state index in [9.17, 15) is 13.6 Å². The predicted molar refractivity (Wildman–Crippen MR) is 94.7 cm³/mol. The van der Waals surface area contributed by atoms with E-state index in [1.54, 1.807) is 23.5 Å². The van der Waals surface area contributed by atoms with Crippen molar-refractivity contribution in [2.24, 2.45) is 5.92 Å². The zero-order valence-electron chi connectivity index (χ0n) is 13.3. The van der Waals surface area contributed by atoms with Gasteiger partial charge in [-0.25, -0.2) is 13.8 Å². The second-order valence-electron chi connectivity index (χ2n) is 6.16. The summed E-state index contributed by atoms with van der Waals surface area (Å²) in [6.07, 6.45) is 1.03. The van der Waals surface area contributed by atoms with Crippen LogP contribution in [0.2, 0.25) is 0 Å². The van der Waals surface area contributed by atoms with Gasteiger partial charge in [0.25, 0.3) is 0 Å². The highest BCUT2D eigenvalue weighted by Gasteiger charge is 2.44. The van der Waals surface area contributed by atoms with Crippen LogP contribution in [0.15, 0.2) is 41.1 Å². The van der Waals surface area contributed by atoms with Gasteiger partial charge in [0, 0.05) is 6.20 Å². The number of amides is 1. The number of halogens is 3. The average molecular weight is 406 g/mol. The number of carbonyl (C=O) groups excluding carboxylic acids is 1. The van der Waals surface area contributed by atoms with Gasteiger partial charge in [-0.1, -0.05) is 12.1 Å². The summed E-state index contributed by atoms with van der Waals surface area (Å²) in [6.45, 7) is 1.73. The number of alkyl halides is 1. The van der Waals surface area contributed by atoms with E-state index in [0.29, 0.717) is 21.6 Å². The maximum absolute atomic E-state index is 13.8. The fraction of sp³-hybridized carbons (Fsp3) is 0.222. The van der Waals surface area contributed by atoms with Crippen LogP contribution in [-0.4, -0.2) is 21.5 Å². The Morgan fingerprint density at radius 2 is 2.12 bits per heavy atom. The van der Waals surface area contributed by atoms with Gasteiger partial charge in [0.1, 0.15) is 22.2 Å². The molecule has 7 heteroatoms. The van der Waals surface area contributed by atoms with Crippen LogP contribution in [0.4, 0.5) is 14.6 Å². The maximum atomic E-state index is 13.8. The molecule has 1 aliphatic rings. The smallest absolute Gasteiger partial charge is 0.231 e. The van der Waals surface area contributed by atoms with Crippen molar-refractivity contribution in [3.8, 4) is 11.1 Å². The number of hydrogen-bond donors (Lipinski definition) is 1. The van der Waals surface area contributed by atoms with E-state index in [1.807, 2.05) is 18.3 Å². The largest absolute Gasteiger partial charge is 0.308 e. The zero-order valence-corrected chi connectivity index (χ0v) is 14.8. The summed E-state index contributed by atoms with van der Waals surface area (Å²) in [5.41, 5.74) is 2.79. The molecular formula is C18H14BrF2N3O. The third-order valence-electron chi connectivity index (χ3n) is 4.43. The highest BCUT2D eigenvalue weighted by Crippen LogP contribution is 2.36. The topological polar surface area (TPSA) is 46.4 Å². The fourth-order valence-corrected chi connectivity index (χ4v) is 3.29. The minimum Gasteiger partial charge on any atom is -0.308 e. The number of carbonyl (C=O) groups is 1. The molecule has 2 heterocycles. The third-order valence-corrected chi connectivity index (χ3v) is 5.19. The molecule has 1 amide bonds. The van der Waals surface area contributed by atoms with Crippen LogP contribution < -0.4 is 5.32 Å². The van der Waals surface area contributed by atoms with Gasteiger partial charge < -0.3 is 5.32 Å². The number of rotatable bonds is 3. The fourth-order valence-electron chi connectivity index (χ4n) is 2.82. The monoisotopic (exact) mass is 405 g/mol.